The molecule has 0 amide bonds. The molecule has 0 spiro atoms. The zero-order valence-electron chi connectivity index (χ0n) is 11.1. The third kappa shape index (κ3) is 2.77. The summed E-state index contributed by atoms with van der Waals surface area (Å²) >= 11 is 2.08. The van der Waals surface area contributed by atoms with Crippen LogP contribution >= 0.6 is 11.8 Å². The van der Waals surface area contributed by atoms with Gasteiger partial charge in [-0.05, 0) is 43.5 Å². The van der Waals surface area contributed by atoms with Crippen molar-refractivity contribution in [2.24, 2.45) is 0 Å². The Hall–Kier alpha value is -0.830. The second-order valence-corrected chi connectivity index (χ2v) is 6.93. The molecule has 0 aliphatic carbocycles. The molecular weight excluding hydrogens is 240 g/mol. The summed E-state index contributed by atoms with van der Waals surface area (Å²) in [5, 5.41) is 4.46. The largest absolute Gasteiger partial charge is 0.381 e. The molecule has 3 heteroatoms. The maximum absolute atomic E-state index is 3.65. The van der Waals surface area contributed by atoms with E-state index in [0.29, 0.717) is 6.04 Å². The number of rotatable bonds is 3. The Morgan fingerprint density at radius 2 is 1.89 bits per heavy atom. The average molecular weight is 262 g/mol. The standard InChI is InChI=1S/C15H22N2S/c1-12-10-14(11-18-12)16-13-4-6-15(7-5-13)17-8-2-3-9-17/h4-7,12,14,16H,2-3,8-11H2,1H3. The Morgan fingerprint density at radius 1 is 1.17 bits per heavy atom. The SMILES string of the molecule is CC1CC(Nc2ccc(N3CCCC3)cc2)CS1. The summed E-state index contributed by atoms with van der Waals surface area (Å²) in [4.78, 5) is 2.48. The summed E-state index contributed by atoms with van der Waals surface area (Å²) in [6.07, 6.45) is 3.98. The van der Waals surface area contributed by atoms with Crippen LogP contribution in [0.2, 0.25) is 0 Å². The average Bonchev–Trinajstić information content (AvgIpc) is 3.02. The zero-order chi connectivity index (χ0) is 12.4. The van der Waals surface area contributed by atoms with Crippen molar-refractivity contribution in [3.63, 3.8) is 0 Å². The Morgan fingerprint density at radius 3 is 2.50 bits per heavy atom. The number of anilines is 2. The lowest BCUT2D eigenvalue weighted by Gasteiger charge is -2.19. The van der Waals surface area contributed by atoms with Gasteiger partial charge in [0.1, 0.15) is 0 Å². The van der Waals surface area contributed by atoms with E-state index in [0.717, 1.165) is 5.25 Å². The Bertz CT molecular complexity index is 384. The number of benzene rings is 1. The van der Waals surface area contributed by atoms with Gasteiger partial charge in [-0.3, -0.25) is 0 Å². The fourth-order valence-electron chi connectivity index (χ4n) is 2.90. The van der Waals surface area contributed by atoms with Crippen LogP contribution in [-0.2, 0) is 0 Å². The number of hydrogen-bond acceptors (Lipinski definition) is 3. The summed E-state index contributed by atoms with van der Waals surface area (Å²) in [6, 6.07) is 9.66. The highest BCUT2D eigenvalue weighted by Crippen LogP contribution is 2.29. The molecule has 2 unspecified atom stereocenters. The maximum atomic E-state index is 3.65. The summed E-state index contributed by atoms with van der Waals surface area (Å²) in [7, 11) is 0. The predicted octanol–water partition coefficient (Wildman–Crippen LogP) is 3.59. The number of nitrogens with one attached hydrogen (secondary N) is 1. The predicted molar refractivity (Wildman–Crippen MR) is 81.8 cm³/mol. The summed E-state index contributed by atoms with van der Waals surface area (Å²) in [6.45, 7) is 4.77. The van der Waals surface area contributed by atoms with Crippen LogP contribution in [0.1, 0.15) is 26.2 Å². The van der Waals surface area contributed by atoms with E-state index >= 15 is 0 Å². The van der Waals surface area contributed by atoms with Gasteiger partial charge in [0.25, 0.3) is 0 Å². The van der Waals surface area contributed by atoms with Crippen LogP contribution in [0.15, 0.2) is 24.3 Å². The van der Waals surface area contributed by atoms with Gasteiger partial charge in [0.2, 0.25) is 0 Å². The van der Waals surface area contributed by atoms with Crippen LogP contribution in [-0.4, -0.2) is 30.1 Å². The minimum Gasteiger partial charge on any atom is -0.381 e. The molecule has 0 aromatic heterocycles. The molecule has 0 radical (unpaired) electrons. The second-order valence-electron chi connectivity index (χ2n) is 5.46. The van der Waals surface area contributed by atoms with Crippen LogP contribution in [0.25, 0.3) is 0 Å². The van der Waals surface area contributed by atoms with Crippen LogP contribution in [0.4, 0.5) is 11.4 Å². The van der Waals surface area contributed by atoms with Crippen molar-refractivity contribution in [3.8, 4) is 0 Å². The van der Waals surface area contributed by atoms with Crippen LogP contribution < -0.4 is 10.2 Å². The van der Waals surface area contributed by atoms with E-state index in [1.807, 2.05) is 0 Å². The van der Waals surface area contributed by atoms with E-state index in [2.05, 4.69) is 53.2 Å². The Labute approximate surface area is 114 Å². The summed E-state index contributed by atoms with van der Waals surface area (Å²) < 4.78 is 0. The number of nitrogens with zero attached hydrogens (tertiary/aromatic N) is 1. The van der Waals surface area contributed by atoms with Crippen molar-refractivity contribution in [1.29, 1.82) is 0 Å². The van der Waals surface area contributed by atoms with E-state index in [-0.39, 0.29) is 0 Å². The molecule has 3 rings (SSSR count). The summed E-state index contributed by atoms with van der Waals surface area (Å²) in [5.41, 5.74) is 2.66. The van der Waals surface area contributed by atoms with E-state index in [1.54, 1.807) is 0 Å². The highest BCUT2D eigenvalue weighted by molar-refractivity contribution is 8.00. The van der Waals surface area contributed by atoms with Gasteiger partial charge in [-0.15, -0.1) is 0 Å². The van der Waals surface area contributed by atoms with Crippen LogP contribution in [0.3, 0.4) is 0 Å². The van der Waals surface area contributed by atoms with E-state index in [4.69, 9.17) is 0 Å². The van der Waals surface area contributed by atoms with E-state index in [9.17, 15) is 0 Å². The fraction of sp³-hybridized carbons (Fsp3) is 0.600. The molecule has 2 heterocycles. The Kier molecular flexibility index (Phi) is 3.69. The normalized spacial score (nSPS) is 27.7. The van der Waals surface area contributed by atoms with Crippen molar-refractivity contribution in [2.75, 3.05) is 29.1 Å². The minimum atomic E-state index is 0.655. The lowest BCUT2D eigenvalue weighted by atomic mass is 10.2. The van der Waals surface area contributed by atoms with E-state index in [1.165, 1.54) is 49.5 Å². The van der Waals surface area contributed by atoms with Crippen molar-refractivity contribution >= 4 is 23.1 Å². The third-order valence-corrected chi connectivity index (χ3v) is 5.26. The first-order valence-corrected chi connectivity index (χ1v) is 8.09. The van der Waals surface area contributed by atoms with Gasteiger partial charge in [0.15, 0.2) is 0 Å². The number of hydrogen-bond donors (Lipinski definition) is 1. The maximum Gasteiger partial charge on any atom is 0.0367 e. The van der Waals surface area contributed by atoms with E-state index < -0.39 is 0 Å². The van der Waals surface area contributed by atoms with Crippen molar-refractivity contribution in [1.82, 2.24) is 0 Å². The van der Waals surface area contributed by atoms with Crippen molar-refractivity contribution < 1.29 is 0 Å². The zero-order valence-corrected chi connectivity index (χ0v) is 11.9. The topological polar surface area (TPSA) is 15.3 Å². The first kappa shape index (κ1) is 12.2. The quantitative estimate of drug-likeness (QED) is 0.896. The van der Waals surface area contributed by atoms with Gasteiger partial charge in [-0.25, -0.2) is 0 Å². The molecule has 2 fully saturated rings. The highest BCUT2D eigenvalue weighted by atomic mass is 32.2. The molecule has 2 aliphatic rings. The van der Waals surface area contributed by atoms with Gasteiger partial charge in [0.05, 0.1) is 0 Å². The molecule has 0 saturated carbocycles. The Balaban J connectivity index is 1.60. The smallest absolute Gasteiger partial charge is 0.0367 e. The molecule has 1 N–H and O–H groups in total. The molecule has 2 aliphatic heterocycles. The molecule has 2 atom stereocenters. The van der Waals surface area contributed by atoms with Crippen LogP contribution in [0.5, 0.6) is 0 Å². The lowest BCUT2D eigenvalue weighted by molar-refractivity contribution is 0.747. The first-order chi connectivity index (χ1) is 8.81. The van der Waals surface area contributed by atoms with Crippen LogP contribution in [0, 0.1) is 0 Å². The first-order valence-electron chi connectivity index (χ1n) is 7.04. The highest BCUT2D eigenvalue weighted by Gasteiger charge is 2.21. The fourth-order valence-corrected chi connectivity index (χ4v) is 4.05. The molecule has 1 aromatic carbocycles. The molecule has 18 heavy (non-hydrogen) atoms. The van der Waals surface area contributed by atoms with Crippen molar-refractivity contribution in [2.45, 2.75) is 37.5 Å². The van der Waals surface area contributed by atoms with Gasteiger partial charge in [0, 0.05) is 41.5 Å². The minimum absolute atomic E-state index is 0.655. The van der Waals surface area contributed by atoms with Crippen molar-refractivity contribution in [3.05, 3.63) is 24.3 Å². The molecule has 0 bridgehead atoms. The van der Waals surface area contributed by atoms with Gasteiger partial charge >= 0.3 is 0 Å². The molecule has 1 aromatic rings. The number of thioether (sulfide) groups is 1. The molecule has 2 saturated heterocycles. The summed E-state index contributed by atoms with van der Waals surface area (Å²) in [5.74, 6) is 1.25. The molecule has 2 nitrogen and oxygen atoms in total. The monoisotopic (exact) mass is 262 g/mol. The van der Waals surface area contributed by atoms with Gasteiger partial charge in [-0.1, -0.05) is 6.92 Å². The van der Waals surface area contributed by atoms with Gasteiger partial charge < -0.3 is 10.2 Å². The van der Waals surface area contributed by atoms with Gasteiger partial charge in [-0.2, -0.15) is 11.8 Å². The third-order valence-electron chi connectivity index (χ3n) is 3.91. The molecular formula is C15H22N2S. The molecule has 98 valence electrons. The second kappa shape index (κ2) is 5.43. The lowest BCUT2D eigenvalue weighted by Crippen LogP contribution is -2.19.